The number of benzene rings is 4. The van der Waals surface area contributed by atoms with Gasteiger partial charge in [0.2, 0.25) is 0 Å². The van der Waals surface area contributed by atoms with E-state index in [1.54, 1.807) is 0 Å². The van der Waals surface area contributed by atoms with Crippen LogP contribution in [0.1, 0.15) is 36.1 Å². The van der Waals surface area contributed by atoms with Gasteiger partial charge in [-0.3, -0.25) is 0 Å². The summed E-state index contributed by atoms with van der Waals surface area (Å²) in [6.07, 6.45) is 2.10. The molecule has 0 amide bonds. The average Bonchev–Trinajstić information content (AvgIpc) is 3.43. The number of hydrogen-bond acceptors (Lipinski definition) is 0. The molecule has 0 N–H and O–H groups in total. The molecule has 0 spiro atoms. The van der Waals surface area contributed by atoms with E-state index in [-0.39, 0.29) is 34.8 Å². The van der Waals surface area contributed by atoms with Crippen molar-refractivity contribution < 1.29 is 46.4 Å². The molecule has 6 rings (SSSR count). The van der Waals surface area contributed by atoms with E-state index in [9.17, 15) is 0 Å². The van der Waals surface area contributed by atoms with E-state index in [0.717, 1.165) is 12.8 Å². The van der Waals surface area contributed by atoms with Crippen LogP contribution >= 0.6 is 0 Å². The normalized spacial score (nSPS) is 10.9. The van der Waals surface area contributed by atoms with Gasteiger partial charge in [0.15, 0.2) is 0 Å². The summed E-state index contributed by atoms with van der Waals surface area (Å²) in [5.41, 5.74) is 11.0. The van der Waals surface area contributed by atoms with Crippen LogP contribution in [0.2, 0.25) is 10.5 Å². The molecule has 0 saturated carbocycles. The standard InChI is InChI=1S/2C13H9.C4H10Ge.2ClH.Zr/c2*1-3-7-12-10(5-1)9-11-6-2-4-8-13(11)12;1-3-5-4-2;;;/h2*1-5,7-8H,9H2;3-4H2,1-2H3;2*1H;/q2*-1;;;;+2/p-2. The predicted octanol–water partition coefficient (Wildman–Crippen LogP) is 1.69. The molecule has 0 radical (unpaired) electrons. The van der Waals surface area contributed by atoms with Crippen molar-refractivity contribution in [3.63, 3.8) is 0 Å². The minimum Gasteiger partial charge on any atom is -1.00 e. The molecular weight excluding hydrogens is 595 g/mol. The van der Waals surface area contributed by atoms with Crippen LogP contribution in [-0.4, -0.2) is 9.98 Å². The van der Waals surface area contributed by atoms with Crippen molar-refractivity contribution >= 4 is 9.98 Å². The molecule has 172 valence electrons. The van der Waals surface area contributed by atoms with Gasteiger partial charge in [0, 0.05) is 0 Å². The Labute approximate surface area is 233 Å². The monoisotopic (exact) mass is 622 g/mol. The van der Waals surface area contributed by atoms with Gasteiger partial charge in [0.25, 0.3) is 0 Å². The Kier molecular flexibility index (Phi) is 12.4. The summed E-state index contributed by atoms with van der Waals surface area (Å²) in [5.74, 6) is 0. The molecule has 0 heterocycles. The number of hydrogen-bond donors (Lipinski definition) is 0. The first kappa shape index (κ1) is 29.1. The second-order valence-electron chi connectivity index (χ2n) is 8.10. The molecule has 4 aromatic rings. The third-order valence-electron chi connectivity index (χ3n) is 6.09. The maximum Gasteiger partial charge on any atom is -0.0253 e. The van der Waals surface area contributed by atoms with Crippen molar-refractivity contribution in [2.45, 2.75) is 37.2 Å². The van der Waals surface area contributed by atoms with Crippen molar-refractivity contribution in [3.05, 3.63) is 119 Å². The van der Waals surface area contributed by atoms with Gasteiger partial charge in [-0.2, -0.15) is 59.7 Å². The van der Waals surface area contributed by atoms with Crippen molar-refractivity contribution in [2.24, 2.45) is 0 Å². The van der Waals surface area contributed by atoms with Gasteiger partial charge < -0.3 is 24.8 Å². The minimum atomic E-state index is -0.290. The molecule has 0 fully saturated rings. The van der Waals surface area contributed by atoms with Crippen LogP contribution in [0.3, 0.4) is 0 Å². The summed E-state index contributed by atoms with van der Waals surface area (Å²) in [5, 5.41) is 3.07. The smallest absolute Gasteiger partial charge is 0.0253 e. The fraction of sp³-hybridized carbons (Fsp3) is 0.200. The van der Waals surface area contributed by atoms with Crippen LogP contribution in [0.4, 0.5) is 0 Å². The second kappa shape index (κ2) is 14.4. The van der Waals surface area contributed by atoms with E-state index in [1.807, 2.05) is 33.7 Å². The number of rotatable bonds is 2. The van der Waals surface area contributed by atoms with Crippen LogP contribution in [0.5, 0.6) is 0 Å². The first-order valence-corrected chi connectivity index (χ1v) is 21.8. The molecular formula is C30H28Cl2GeZr-2. The van der Waals surface area contributed by atoms with Gasteiger partial charge in [0.05, 0.1) is 0 Å². The quantitative estimate of drug-likeness (QED) is 0.204. The predicted molar refractivity (Wildman–Crippen MR) is 134 cm³/mol. The molecule has 2 aliphatic rings. The molecule has 4 aromatic carbocycles. The molecule has 0 aliphatic heterocycles. The Morgan fingerprint density at radius 2 is 1.00 bits per heavy atom. The van der Waals surface area contributed by atoms with Gasteiger partial charge in [-0.25, -0.2) is 0 Å². The van der Waals surface area contributed by atoms with E-state index in [0.29, 0.717) is 0 Å². The van der Waals surface area contributed by atoms with E-state index in [1.165, 1.54) is 55.0 Å². The van der Waals surface area contributed by atoms with Crippen molar-refractivity contribution in [3.8, 4) is 22.3 Å². The van der Waals surface area contributed by atoms with E-state index < -0.39 is 0 Å². The van der Waals surface area contributed by atoms with Gasteiger partial charge in [-0.15, -0.1) is 11.1 Å². The summed E-state index contributed by atoms with van der Waals surface area (Å²) in [6, 6.07) is 36.2. The van der Waals surface area contributed by atoms with Crippen molar-refractivity contribution in [1.82, 2.24) is 0 Å². The summed E-state index contributed by atoms with van der Waals surface area (Å²) < 4.78 is 0. The zero-order valence-electron chi connectivity index (χ0n) is 19.7. The van der Waals surface area contributed by atoms with Crippen LogP contribution in [0.15, 0.2) is 84.9 Å². The second-order valence-corrected chi connectivity index (χ2v) is 22.6. The molecule has 0 nitrogen and oxygen atoms in total. The van der Waals surface area contributed by atoms with Gasteiger partial charge in [-0.05, 0) is 12.8 Å². The summed E-state index contributed by atoms with van der Waals surface area (Å²) in [6.45, 7) is 4.65. The zero-order chi connectivity index (χ0) is 22.3. The maximum absolute atomic E-state index is 3.30. The van der Waals surface area contributed by atoms with Crippen LogP contribution in [-0.2, 0) is 34.4 Å². The van der Waals surface area contributed by atoms with E-state index in [4.69, 9.17) is 0 Å². The van der Waals surface area contributed by atoms with Crippen LogP contribution < -0.4 is 24.8 Å². The first-order chi connectivity index (χ1) is 15.7. The first-order valence-electron chi connectivity index (χ1n) is 11.4. The number of fused-ring (bicyclic) bond motifs is 6. The van der Waals surface area contributed by atoms with E-state index >= 15 is 0 Å². The average molecular weight is 623 g/mol. The van der Waals surface area contributed by atoms with Crippen LogP contribution in [0.25, 0.3) is 22.3 Å². The Morgan fingerprint density at radius 3 is 1.38 bits per heavy atom. The van der Waals surface area contributed by atoms with Gasteiger partial charge in [-0.1, -0.05) is 70.8 Å². The third kappa shape index (κ3) is 6.98. The fourth-order valence-electron chi connectivity index (χ4n) is 4.25. The molecule has 2 aliphatic carbocycles. The van der Waals surface area contributed by atoms with E-state index in [2.05, 4.69) is 98.8 Å². The molecule has 34 heavy (non-hydrogen) atoms. The molecule has 0 atom stereocenters. The molecule has 4 heteroatoms. The minimum absolute atomic E-state index is 0. The molecule has 0 bridgehead atoms. The molecule has 0 unspecified atom stereocenters. The van der Waals surface area contributed by atoms with Crippen molar-refractivity contribution in [1.29, 1.82) is 0 Å². The van der Waals surface area contributed by atoms with Gasteiger partial charge >= 0.3 is 55.9 Å². The van der Waals surface area contributed by atoms with Crippen molar-refractivity contribution in [2.75, 3.05) is 0 Å². The Balaban J connectivity index is 0.000000187. The Hall–Kier alpha value is -1.11. The maximum atomic E-state index is 3.30. The van der Waals surface area contributed by atoms with Crippen LogP contribution in [0, 0.1) is 12.1 Å². The summed E-state index contributed by atoms with van der Waals surface area (Å²) in [4.78, 5) is 0. The topological polar surface area (TPSA) is 0 Å². The molecule has 0 saturated heterocycles. The Morgan fingerprint density at radius 1 is 0.618 bits per heavy atom. The largest absolute Gasteiger partial charge is 1.00 e. The Bertz CT molecular complexity index is 1050. The zero-order valence-corrected chi connectivity index (χ0v) is 25.7. The SMILES string of the molecule is C[CH2][Ge](=[Zr+2])[CH2]C.[Cl-].[Cl-].[c-]1cccc2c1Cc1ccccc1-2.[c-]1cccc2c1Cc1ccccc1-2. The summed E-state index contributed by atoms with van der Waals surface area (Å²) in [7, 11) is -0.290. The molecule has 0 aromatic heterocycles. The van der Waals surface area contributed by atoms with Gasteiger partial charge in [0.1, 0.15) is 0 Å². The fourth-order valence-corrected chi connectivity index (χ4v) is 5.29. The third-order valence-corrected chi connectivity index (χ3v) is 18.7. The summed E-state index contributed by atoms with van der Waals surface area (Å²) >= 11 is 1.87. The number of halogens is 2.